The Bertz CT molecular complexity index is 558. The van der Waals surface area contributed by atoms with Crippen LogP contribution in [0.15, 0.2) is 24.5 Å². The highest BCUT2D eigenvalue weighted by atomic mass is 16.3. The Morgan fingerprint density at radius 1 is 1.56 bits per heavy atom. The van der Waals surface area contributed by atoms with E-state index in [0.717, 1.165) is 11.0 Å². The highest BCUT2D eigenvalue weighted by Gasteiger charge is 2.23. The van der Waals surface area contributed by atoms with Crippen molar-refractivity contribution in [1.29, 1.82) is 0 Å². The van der Waals surface area contributed by atoms with Crippen molar-refractivity contribution < 1.29 is 9.90 Å². The summed E-state index contributed by atoms with van der Waals surface area (Å²) in [6.45, 7) is 3.66. The Labute approximate surface area is 105 Å². The Morgan fingerprint density at radius 2 is 2.33 bits per heavy atom. The Kier molecular flexibility index (Phi) is 3.34. The van der Waals surface area contributed by atoms with Gasteiger partial charge < -0.3 is 15.4 Å². The molecule has 0 bridgehead atoms. The molecule has 0 aliphatic carbocycles. The van der Waals surface area contributed by atoms with Crippen molar-refractivity contribution in [2.45, 2.75) is 25.8 Å². The minimum atomic E-state index is -0.583. The second-order valence-corrected chi connectivity index (χ2v) is 4.66. The second-order valence-electron chi connectivity index (χ2n) is 4.66. The van der Waals surface area contributed by atoms with Gasteiger partial charge in [-0.15, -0.1) is 0 Å². The molecule has 96 valence electrons. The lowest BCUT2D eigenvalue weighted by molar-refractivity contribution is 0.0847. The van der Waals surface area contributed by atoms with E-state index < -0.39 is 5.54 Å². The highest BCUT2D eigenvalue weighted by Crippen LogP contribution is 2.14. The predicted octanol–water partition coefficient (Wildman–Crippen LogP) is 1.45. The zero-order valence-electron chi connectivity index (χ0n) is 10.5. The fourth-order valence-electron chi connectivity index (χ4n) is 1.66. The molecule has 1 aromatic heterocycles. The third kappa shape index (κ3) is 2.36. The van der Waals surface area contributed by atoms with E-state index in [1.165, 1.54) is 0 Å². The van der Waals surface area contributed by atoms with Crippen LogP contribution in [-0.4, -0.2) is 33.1 Å². The van der Waals surface area contributed by atoms with Crippen molar-refractivity contribution in [3.05, 3.63) is 30.1 Å². The quantitative estimate of drug-likeness (QED) is 0.765. The highest BCUT2D eigenvalue weighted by molar-refractivity contribution is 5.97. The van der Waals surface area contributed by atoms with Crippen LogP contribution in [0.25, 0.3) is 11.0 Å². The van der Waals surface area contributed by atoms with E-state index in [2.05, 4.69) is 15.3 Å². The van der Waals surface area contributed by atoms with Crippen LogP contribution >= 0.6 is 0 Å². The summed E-state index contributed by atoms with van der Waals surface area (Å²) in [6, 6.07) is 5.28. The van der Waals surface area contributed by atoms with Crippen LogP contribution in [-0.2, 0) is 0 Å². The predicted molar refractivity (Wildman–Crippen MR) is 69.3 cm³/mol. The summed E-state index contributed by atoms with van der Waals surface area (Å²) in [4.78, 5) is 19.2. The topological polar surface area (TPSA) is 78.0 Å². The monoisotopic (exact) mass is 247 g/mol. The Hall–Kier alpha value is -1.88. The lowest BCUT2D eigenvalue weighted by Crippen LogP contribution is -2.48. The van der Waals surface area contributed by atoms with Crippen molar-refractivity contribution >= 4 is 16.9 Å². The molecule has 1 atom stereocenters. The number of aromatic amines is 1. The molecule has 2 aromatic rings. The van der Waals surface area contributed by atoms with Gasteiger partial charge in [0.2, 0.25) is 0 Å². The first-order valence-electron chi connectivity index (χ1n) is 5.94. The first-order valence-corrected chi connectivity index (χ1v) is 5.94. The van der Waals surface area contributed by atoms with Crippen LogP contribution in [0.2, 0.25) is 0 Å². The number of aliphatic hydroxyl groups excluding tert-OH is 1. The van der Waals surface area contributed by atoms with Crippen molar-refractivity contribution in [2.24, 2.45) is 0 Å². The first kappa shape index (κ1) is 12.6. The molecule has 0 fully saturated rings. The SMILES string of the molecule is CCC(C)(CO)NC(=O)c1ccc2nc[nH]c2c1. The number of H-pyrrole nitrogens is 1. The van der Waals surface area contributed by atoms with E-state index in [-0.39, 0.29) is 12.5 Å². The standard InChI is InChI=1S/C13H17N3O2/c1-3-13(2,7-17)16-12(18)9-4-5-10-11(6-9)15-8-14-10/h4-6,8,17H,3,7H2,1-2H3,(H,14,15)(H,16,18). The molecule has 1 aromatic carbocycles. The minimum absolute atomic E-state index is 0.0818. The molecule has 3 N–H and O–H groups in total. The summed E-state index contributed by atoms with van der Waals surface area (Å²) in [5, 5.41) is 12.1. The normalized spacial score (nSPS) is 14.4. The van der Waals surface area contributed by atoms with Crippen LogP contribution in [0, 0.1) is 0 Å². The van der Waals surface area contributed by atoms with Crippen molar-refractivity contribution in [3.63, 3.8) is 0 Å². The zero-order valence-corrected chi connectivity index (χ0v) is 10.5. The minimum Gasteiger partial charge on any atom is -0.394 e. The number of aliphatic hydroxyl groups is 1. The average molecular weight is 247 g/mol. The summed E-state index contributed by atoms with van der Waals surface area (Å²) < 4.78 is 0. The maximum atomic E-state index is 12.1. The molecule has 0 spiro atoms. The van der Waals surface area contributed by atoms with Gasteiger partial charge in [0.1, 0.15) is 0 Å². The van der Waals surface area contributed by atoms with E-state index in [0.29, 0.717) is 12.0 Å². The third-order valence-corrected chi connectivity index (χ3v) is 3.23. The number of carbonyl (C=O) groups excluding carboxylic acids is 1. The van der Waals surface area contributed by atoms with Gasteiger partial charge in [0.05, 0.1) is 29.5 Å². The van der Waals surface area contributed by atoms with Gasteiger partial charge in [0.15, 0.2) is 0 Å². The molecule has 1 amide bonds. The van der Waals surface area contributed by atoms with Gasteiger partial charge in [-0.1, -0.05) is 6.92 Å². The van der Waals surface area contributed by atoms with Gasteiger partial charge in [-0.3, -0.25) is 4.79 Å². The van der Waals surface area contributed by atoms with Crippen LogP contribution in [0.3, 0.4) is 0 Å². The Morgan fingerprint density at radius 3 is 3.00 bits per heavy atom. The lowest BCUT2D eigenvalue weighted by Gasteiger charge is -2.27. The molecule has 1 heterocycles. The molecule has 0 saturated carbocycles. The van der Waals surface area contributed by atoms with Gasteiger partial charge in [-0.05, 0) is 31.5 Å². The van der Waals surface area contributed by atoms with Crippen LogP contribution in [0.5, 0.6) is 0 Å². The number of rotatable bonds is 4. The van der Waals surface area contributed by atoms with E-state index in [1.54, 1.807) is 24.5 Å². The number of benzene rings is 1. The third-order valence-electron chi connectivity index (χ3n) is 3.23. The molecule has 1 unspecified atom stereocenters. The summed E-state index contributed by atoms with van der Waals surface area (Å²) in [5.74, 6) is -0.190. The summed E-state index contributed by atoms with van der Waals surface area (Å²) in [6.07, 6.45) is 2.26. The Balaban J connectivity index is 2.22. The van der Waals surface area contributed by atoms with Crippen LogP contribution in [0.1, 0.15) is 30.6 Å². The molecule has 0 aliphatic heterocycles. The number of aromatic nitrogens is 2. The van der Waals surface area contributed by atoms with Gasteiger partial charge >= 0.3 is 0 Å². The summed E-state index contributed by atoms with van der Waals surface area (Å²) in [7, 11) is 0. The van der Waals surface area contributed by atoms with Crippen molar-refractivity contribution in [3.8, 4) is 0 Å². The van der Waals surface area contributed by atoms with Gasteiger partial charge in [0.25, 0.3) is 5.91 Å². The zero-order chi connectivity index (χ0) is 13.2. The number of imidazole rings is 1. The van der Waals surface area contributed by atoms with E-state index in [9.17, 15) is 9.90 Å². The molecule has 2 rings (SSSR count). The molecule has 18 heavy (non-hydrogen) atoms. The van der Waals surface area contributed by atoms with Gasteiger partial charge in [-0.2, -0.15) is 0 Å². The summed E-state index contributed by atoms with van der Waals surface area (Å²) >= 11 is 0. The molecule has 0 radical (unpaired) electrons. The number of nitrogens with zero attached hydrogens (tertiary/aromatic N) is 1. The van der Waals surface area contributed by atoms with E-state index in [4.69, 9.17) is 0 Å². The van der Waals surface area contributed by atoms with Gasteiger partial charge in [0, 0.05) is 5.56 Å². The number of amides is 1. The molecular weight excluding hydrogens is 230 g/mol. The number of fused-ring (bicyclic) bond motifs is 1. The molecule has 5 heteroatoms. The number of hydrogen-bond acceptors (Lipinski definition) is 3. The maximum absolute atomic E-state index is 12.1. The number of carbonyl (C=O) groups is 1. The molecule has 0 saturated heterocycles. The van der Waals surface area contributed by atoms with Gasteiger partial charge in [-0.25, -0.2) is 4.98 Å². The second kappa shape index (κ2) is 4.78. The number of hydrogen-bond donors (Lipinski definition) is 3. The molecule has 0 aliphatic rings. The van der Waals surface area contributed by atoms with Crippen LogP contribution < -0.4 is 5.32 Å². The fourth-order valence-corrected chi connectivity index (χ4v) is 1.66. The van der Waals surface area contributed by atoms with E-state index >= 15 is 0 Å². The largest absolute Gasteiger partial charge is 0.394 e. The van der Waals surface area contributed by atoms with Crippen molar-refractivity contribution in [1.82, 2.24) is 15.3 Å². The molecule has 5 nitrogen and oxygen atoms in total. The average Bonchev–Trinajstić information content (AvgIpc) is 2.85. The molecular formula is C13H17N3O2. The van der Waals surface area contributed by atoms with Crippen LogP contribution in [0.4, 0.5) is 0 Å². The van der Waals surface area contributed by atoms with E-state index in [1.807, 2.05) is 13.8 Å². The first-order chi connectivity index (χ1) is 8.58. The summed E-state index contributed by atoms with van der Waals surface area (Å²) in [5.41, 5.74) is 1.62. The number of nitrogens with one attached hydrogen (secondary N) is 2. The smallest absolute Gasteiger partial charge is 0.251 e. The van der Waals surface area contributed by atoms with Crippen molar-refractivity contribution in [2.75, 3.05) is 6.61 Å². The fraction of sp³-hybridized carbons (Fsp3) is 0.385. The maximum Gasteiger partial charge on any atom is 0.251 e. The lowest BCUT2D eigenvalue weighted by atomic mass is 9.99.